The molecule has 1 amide bonds. The average Bonchev–Trinajstić information content (AvgIpc) is 2.80. The van der Waals surface area contributed by atoms with Crippen LogP contribution in [0.1, 0.15) is 24.5 Å². The van der Waals surface area contributed by atoms with Crippen molar-refractivity contribution in [2.75, 3.05) is 18.6 Å². The van der Waals surface area contributed by atoms with Gasteiger partial charge in [0.15, 0.2) is 5.60 Å². The molecule has 4 rings (SSSR count). The van der Waals surface area contributed by atoms with Gasteiger partial charge < -0.3 is 14.4 Å². The van der Waals surface area contributed by atoms with Crippen molar-refractivity contribution in [1.82, 2.24) is 0 Å². The number of amides is 1. The second-order valence-corrected chi connectivity index (χ2v) is 7.91. The number of carbonyl (C=O) groups is 1. The van der Waals surface area contributed by atoms with Gasteiger partial charge in [0.2, 0.25) is 0 Å². The third kappa shape index (κ3) is 2.99. The fraction of sp³-hybridized carbons (Fsp3) is 0.318. The minimum atomic E-state index is -0.994. The van der Waals surface area contributed by atoms with Crippen molar-refractivity contribution in [3.8, 4) is 5.75 Å². The molecule has 2 atom stereocenters. The van der Waals surface area contributed by atoms with Crippen LogP contribution < -0.4 is 9.64 Å². The van der Waals surface area contributed by atoms with Crippen molar-refractivity contribution in [2.45, 2.75) is 25.5 Å². The van der Waals surface area contributed by atoms with Crippen LogP contribution in [0.4, 0.5) is 5.69 Å². The lowest BCUT2D eigenvalue weighted by Crippen LogP contribution is -2.46. The number of halogens is 1. The van der Waals surface area contributed by atoms with E-state index in [-0.39, 0.29) is 11.8 Å². The number of hydrogen-bond donors (Lipinski definition) is 0. The molecule has 2 aromatic carbocycles. The molecule has 0 bridgehead atoms. The summed E-state index contributed by atoms with van der Waals surface area (Å²) in [5.41, 5.74) is 1.86. The number of carbonyl (C=O) groups excluding carboxylic acids is 1. The van der Waals surface area contributed by atoms with Gasteiger partial charge >= 0.3 is 0 Å². The van der Waals surface area contributed by atoms with Crippen LogP contribution in [0.5, 0.6) is 5.75 Å². The zero-order chi connectivity index (χ0) is 19.0. The van der Waals surface area contributed by atoms with E-state index in [1.54, 1.807) is 7.11 Å². The molecule has 0 aromatic heterocycles. The van der Waals surface area contributed by atoms with Crippen LogP contribution in [-0.2, 0) is 21.7 Å². The molecular formula is C22H22BrNO3. The summed E-state index contributed by atoms with van der Waals surface area (Å²) in [4.78, 5) is 15.5. The molecule has 0 saturated carbocycles. The van der Waals surface area contributed by atoms with Gasteiger partial charge in [0, 0.05) is 16.0 Å². The van der Waals surface area contributed by atoms with Gasteiger partial charge in [-0.3, -0.25) is 4.79 Å². The van der Waals surface area contributed by atoms with Crippen LogP contribution in [0, 0.1) is 5.92 Å². The highest BCUT2D eigenvalue weighted by Crippen LogP contribution is 2.50. The summed E-state index contributed by atoms with van der Waals surface area (Å²) < 4.78 is 12.7. The maximum Gasteiger partial charge on any atom is 0.264 e. The lowest BCUT2D eigenvalue weighted by atomic mass is 9.83. The van der Waals surface area contributed by atoms with E-state index >= 15 is 0 Å². The summed E-state index contributed by atoms with van der Waals surface area (Å²) in [6.45, 7) is 3.08. The molecule has 0 unspecified atom stereocenters. The summed E-state index contributed by atoms with van der Waals surface area (Å²) in [5, 5.41) is 0. The number of fused-ring (bicyclic) bond motifs is 2. The van der Waals surface area contributed by atoms with Crippen LogP contribution in [0.2, 0.25) is 0 Å². The van der Waals surface area contributed by atoms with Crippen LogP contribution in [0.25, 0.3) is 0 Å². The molecule has 4 nitrogen and oxygen atoms in total. The molecule has 2 aliphatic heterocycles. The Bertz CT molecular complexity index is 893. The van der Waals surface area contributed by atoms with Crippen molar-refractivity contribution in [3.05, 3.63) is 70.2 Å². The Kier molecular flexibility index (Phi) is 4.82. The molecule has 5 heteroatoms. The van der Waals surface area contributed by atoms with Crippen LogP contribution in [0.3, 0.4) is 0 Å². The van der Waals surface area contributed by atoms with Crippen molar-refractivity contribution in [1.29, 1.82) is 0 Å². The van der Waals surface area contributed by atoms with E-state index < -0.39 is 5.60 Å². The molecular weight excluding hydrogens is 406 g/mol. The van der Waals surface area contributed by atoms with E-state index in [2.05, 4.69) is 28.1 Å². The number of nitrogens with zero attached hydrogens (tertiary/aromatic N) is 1. The third-order valence-corrected chi connectivity index (χ3v) is 5.92. The van der Waals surface area contributed by atoms with Crippen molar-refractivity contribution < 1.29 is 14.3 Å². The first-order chi connectivity index (χ1) is 13.1. The highest BCUT2D eigenvalue weighted by Gasteiger charge is 2.55. The largest absolute Gasteiger partial charge is 0.497 e. The van der Waals surface area contributed by atoms with E-state index in [0.717, 1.165) is 33.5 Å². The molecule has 0 N–H and O–H groups in total. The molecule has 0 fully saturated rings. The highest BCUT2D eigenvalue weighted by atomic mass is 79.9. The molecule has 0 aliphatic carbocycles. The lowest BCUT2D eigenvalue weighted by molar-refractivity contribution is -0.148. The smallest absolute Gasteiger partial charge is 0.264 e. The summed E-state index contributed by atoms with van der Waals surface area (Å²) in [5.74, 6) is 0.663. The van der Waals surface area contributed by atoms with E-state index in [1.807, 2.05) is 54.3 Å². The number of ether oxygens (including phenoxy) is 2. The predicted molar refractivity (Wildman–Crippen MR) is 109 cm³/mol. The standard InChI is InChI=1S/C22H22BrNO3/c1-15-5-3-4-12-27-22(15)19-13-18(26-2)10-11-20(19)24(21(22)25)14-16-6-8-17(23)9-7-16/h3,5-11,13,15H,4,12,14H2,1-2H3/t15-,22-/m1/s1. The molecule has 140 valence electrons. The summed E-state index contributed by atoms with van der Waals surface area (Å²) in [7, 11) is 1.64. The van der Waals surface area contributed by atoms with Crippen LogP contribution in [0.15, 0.2) is 59.1 Å². The molecule has 2 aliphatic rings. The van der Waals surface area contributed by atoms with Gasteiger partial charge in [0.05, 0.1) is 25.9 Å². The Hall–Kier alpha value is -2.11. The van der Waals surface area contributed by atoms with E-state index in [4.69, 9.17) is 9.47 Å². The van der Waals surface area contributed by atoms with Gasteiger partial charge in [0.25, 0.3) is 5.91 Å². The lowest BCUT2D eigenvalue weighted by Gasteiger charge is -2.32. The molecule has 0 saturated heterocycles. The summed E-state index contributed by atoms with van der Waals surface area (Å²) >= 11 is 3.46. The minimum Gasteiger partial charge on any atom is -0.497 e. The number of anilines is 1. The quantitative estimate of drug-likeness (QED) is 0.659. The molecule has 2 heterocycles. The van der Waals surface area contributed by atoms with Crippen molar-refractivity contribution in [2.24, 2.45) is 5.92 Å². The summed E-state index contributed by atoms with van der Waals surface area (Å²) in [6, 6.07) is 13.9. The van der Waals surface area contributed by atoms with E-state index in [1.165, 1.54) is 0 Å². The topological polar surface area (TPSA) is 38.8 Å². The molecule has 0 radical (unpaired) electrons. The maximum absolute atomic E-state index is 13.7. The van der Waals surface area contributed by atoms with Crippen molar-refractivity contribution in [3.63, 3.8) is 0 Å². The fourth-order valence-electron chi connectivity index (χ4n) is 3.96. The number of benzene rings is 2. The van der Waals surface area contributed by atoms with Crippen LogP contribution in [-0.4, -0.2) is 19.6 Å². The summed E-state index contributed by atoms with van der Waals surface area (Å²) in [6.07, 6.45) is 5.01. The van der Waals surface area contributed by atoms with Gasteiger partial charge in [-0.05, 0) is 42.3 Å². The molecule has 27 heavy (non-hydrogen) atoms. The first-order valence-electron chi connectivity index (χ1n) is 9.12. The third-order valence-electron chi connectivity index (χ3n) is 5.39. The Morgan fingerprint density at radius 3 is 2.78 bits per heavy atom. The van der Waals surface area contributed by atoms with Gasteiger partial charge in [-0.15, -0.1) is 0 Å². The Labute approximate surface area is 167 Å². The number of rotatable bonds is 3. The van der Waals surface area contributed by atoms with E-state index in [0.29, 0.717) is 13.2 Å². The normalized spacial score (nSPS) is 24.2. The second-order valence-electron chi connectivity index (χ2n) is 6.99. The van der Waals surface area contributed by atoms with E-state index in [9.17, 15) is 4.79 Å². The fourth-order valence-corrected chi connectivity index (χ4v) is 4.23. The Morgan fingerprint density at radius 1 is 1.26 bits per heavy atom. The molecule has 1 spiro atoms. The Morgan fingerprint density at radius 2 is 2.04 bits per heavy atom. The minimum absolute atomic E-state index is 0.00674. The monoisotopic (exact) mass is 427 g/mol. The first-order valence-corrected chi connectivity index (χ1v) is 9.91. The Balaban J connectivity index is 1.82. The van der Waals surface area contributed by atoms with Crippen molar-refractivity contribution >= 4 is 27.5 Å². The van der Waals surface area contributed by atoms with Crippen LogP contribution >= 0.6 is 15.9 Å². The number of methoxy groups -OCH3 is 1. The maximum atomic E-state index is 13.7. The predicted octanol–water partition coefficient (Wildman–Crippen LogP) is 4.81. The number of hydrogen-bond acceptors (Lipinski definition) is 3. The van der Waals surface area contributed by atoms with Gasteiger partial charge in [-0.2, -0.15) is 0 Å². The van der Waals surface area contributed by atoms with Gasteiger partial charge in [-0.25, -0.2) is 0 Å². The first kappa shape index (κ1) is 18.3. The highest BCUT2D eigenvalue weighted by molar-refractivity contribution is 9.10. The van der Waals surface area contributed by atoms with Gasteiger partial charge in [-0.1, -0.05) is 47.1 Å². The average molecular weight is 428 g/mol. The zero-order valence-corrected chi connectivity index (χ0v) is 17.0. The SMILES string of the molecule is COc1ccc2c(c1)[C@@]1(OCCC=C[C@H]1C)C(=O)N2Cc1ccc(Br)cc1. The zero-order valence-electron chi connectivity index (χ0n) is 15.4. The second kappa shape index (κ2) is 7.13. The molecule has 2 aromatic rings. The van der Waals surface area contributed by atoms with Gasteiger partial charge in [0.1, 0.15) is 5.75 Å².